The summed E-state index contributed by atoms with van der Waals surface area (Å²) >= 11 is 0. The molecule has 3 heterocycles. The average Bonchev–Trinajstić information content (AvgIpc) is 3.68. The van der Waals surface area contributed by atoms with Crippen LogP contribution >= 0.6 is 0 Å². The number of aromatic amines is 2. The lowest BCUT2D eigenvalue weighted by molar-refractivity contribution is -0.155. The number of nitrogens with one attached hydrogen (secondary N) is 2. The van der Waals surface area contributed by atoms with Gasteiger partial charge in [-0.1, -0.05) is 24.3 Å². The van der Waals surface area contributed by atoms with Crippen LogP contribution in [0.1, 0.15) is 37.0 Å². The largest absolute Gasteiger partial charge is 0.497 e. The number of amides is 2. The van der Waals surface area contributed by atoms with Crippen molar-refractivity contribution in [3.8, 4) is 11.5 Å². The molecule has 1 aliphatic rings. The van der Waals surface area contributed by atoms with Gasteiger partial charge >= 0.3 is 0 Å². The van der Waals surface area contributed by atoms with Crippen LogP contribution in [0.25, 0.3) is 27.4 Å². The molecule has 2 N–H and O–H groups in total. The van der Waals surface area contributed by atoms with E-state index in [9.17, 15) is 14.0 Å². The number of hydrogen-bond donors (Lipinski definition) is 2. The van der Waals surface area contributed by atoms with Gasteiger partial charge in [0.2, 0.25) is 11.8 Å². The number of fused-ring (bicyclic) bond motifs is 2. The van der Waals surface area contributed by atoms with Crippen molar-refractivity contribution in [1.82, 2.24) is 24.9 Å². The molecule has 0 radical (unpaired) electrons. The summed E-state index contributed by atoms with van der Waals surface area (Å²) in [6.45, 7) is 4.84. The Morgan fingerprint density at radius 2 is 1.64 bits per heavy atom. The standard InChI is InChI=1S/C37H40FN5O4/c1-24(44)41(22-26-15-31(46-3)19-32(16-26)47-4)23-30(17-28-20-39-36-8-6-5-7-33(28)36)43(25(2)45)42-13-11-27(12-14-42)35-21-40-37-10-9-29(38)18-34(35)37/h5-11,15-16,18-21,30,39-40H,12-14,17,22-23H2,1-4H3/t30-/m1/s1. The lowest BCUT2D eigenvalue weighted by atomic mass is 9.99. The number of hydrazine groups is 1. The molecule has 0 spiro atoms. The van der Waals surface area contributed by atoms with Crippen molar-refractivity contribution in [2.45, 2.75) is 39.3 Å². The van der Waals surface area contributed by atoms with Gasteiger partial charge < -0.3 is 24.3 Å². The Morgan fingerprint density at radius 1 is 0.915 bits per heavy atom. The lowest BCUT2D eigenvalue weighted by Crippen LogP contribution is -2.57. The molecule has 5 aromatic rings. The van der Waals surface area contributed by atoms with E-state index in [1.807, 2.05) is 47.7 Å². The molecule has 0 saturated carbocycles. The van der Waals surface area contributed by atoms with E-state index in [0.29, 0.717) is 50.5 Å². The smallest absolute Gasteiger partial charge is 0.234 e. The fraction of sp³-hybridized carbons (Fsp3) is 0.297. The number of hydrogen-bond acceptors (Lipinski definition) is 5. The SMILES string of the molecule is COc1cc(CN(C[C@@H](Cc2c[nH]c3ccccc23)N(C(C)=O)N2CC=C(c3c[nH]c4ccc(F)cc34)CC2)C(C)=O)cc(OC)c1. The van der Waals surface area contributed by atoms with E-state index in [4.69, 9.17) is 9.47 Å². The van der Waals surface area contributed by atoms with Crippen molar-refractivity contribution < 1.29 is 23.5 Å². The predicted molar refractivity (Wildman–Crippen MR) is 181 cm³/mol. The second kappa shape index (κ2) is 13.7. The molecule has 2 aromatic heterocycles. The highest BCUT2D eigenvalue weighted by Gasteiger charge is 2.32. The number of methoxy groups -OCH3 is 2. The van der Waals surface area contributed by atoms with E-state index in [0.717, 1.165) is 44.1 Å². The maximum atomic E-state index is 14.1. The molecule has 9 nitrogen and oxygen atoms in total. The van der Waals surface area contributed by atoms with Crippen molar-refractivity contribution in [2.75, 3.05) is 33.9 Å². The van der Waals surface area contributed by atoms with Crippen molar-refractivity contribution in [1.29, 1.82) is 0 Å². The summed E-state index contributed by atoms with van der Waals surface area (Å²) < 4.78 is 25.1. The van der Waals surface area contributed by atoms with E-state index >= 15 is 0 Å². The number of nitrogens with zero attached hydrogens (tertiary/aromatic N) is 3. The van der Waals surface area contributed by atoms with Crippen LogP contribution in [0.5, 0.6) is 11.5 Å². The predicted octanol–water partition coefficient (Wildman–Crippen LogP) is 6.32. The quantitative estimate of drug-likeness (QED) is 0.177. The Kier molecular flexibility index (Phi) is 9.31. The molecule has 244 valence electrons. The molecule has 0 saturated heterocycles. The second-order valence-corrected chi connectivity index (χ2v) is 12.0. The highest BCUT2D eigenvalue weighted by atomic mass is 19.1. The minimum atomic E-state index is -0.361. The summed E-state index contributed by atoms with van der Waals surface area (Å²) in [5.74, 6) is 0.788. The third kappa shape index (κ3) is 6.88. The summed E-state index contributed by atoms with van der Waals surface area (Å²) in [6, 6.07) is 18.1. The molecule has 6 rings (SSSR count). The Hall–Kier alpha value is -5.09. The zero-order valence-corrected chi connectivity index (χ0v) is 27.2. The van der Waals surface area contributed by atoms with Gasteiger partial charge in [0.1, 0.15) is 17.3 Å². The van der Waals surface area contributed by atoms with E-state index in [2.05, 4.69) is 27.1 Å². The van der Waals surface area contributed by atoms with Crippen LogP contribution in [-0.2, 0) is 22.6 Å². The van der Waals surface area contributed by atoms with E-state index in [-0.39, 0.29) is 23.7 Å². The summed E-state index contributed by atoms with van der Waals surface area (Å²) in [5.41, 5.74) is 5.90. The molecule has 1 atom stereocenters. The fourth-order valence-corrected chi connectivity index (χ4v) is 6.66. The average molecular weight is 638 g/mol. The Labute approximate surface area is 273 Å². The van der Waals surface area contributed by atoms with E-state index in [1.165, 1.54) is 6.07 Å². The van der Waals surface area contributed by atoms with Gasteiger partial charge in [0, 0.05) is 85.9 Å². The summed E-state index contributed by atoms with van der Waals surface area (Å²) in [5, 5.41) is 5.82. The number of para-hydroxylation sites is 1. The van der Waals surface area contributed by atoms with Crippen molar-refractivity contribution in [2.24, 2.45) is 0 Å². The third-order valence-electron chi connectivity index (χ3n) is 8.94. The highest BCUT2D eigenvalue weighted by molar-refractivity contribution is 5.93. The summed E-state index contributed by atoms with van der Waals surface area (Å²) in [7, 11) is 3.19. The number of carbonyl (C=O) groups is 2. The maximum absolute atomic E-state index is 14.1. The van der Waals surface area contributed by atoms with Crippen LogP contribution in [0.3, 0.4) is 0 Å². The van der Waals surface area contributed by atoms with Gasteiger partial charge in [0.05, 0.1) is 20.3 Å². The maximum Gasteiger partial charge on any atom is 0.234 e. The number of aromatic nitrogens is 2. The lowest BCUT2D eigenvalue weighted by Gasteiger charge is -2.43. The van der Waals surface area contributed by atoms with Gasteiger partial charge in [-0.15, -0.1) is 0 Å². The molecule has 10 heteroatoms. The monoisotopic (exact) mass is 637 g/mol. The first kappa shape index (κ1) is 31.9. The van der Waals surface area contributed by atoms with Gasteiger partial charge in [-0.2, -0.15) is 0 Å². The number of halogens is 1. The molecule has 47 heavy (non-hydrogen) atoms. The highest BCUT2D eigenvalue weighted by Crippen LogP contribution is 2.31. The first-order chi connectivity index (χ1) is 22.7. The van der Waals surface area contributed by atoms with Gasteiger partial charge in [-0.25, -0.2) is 9.40 Å². The van der Waals surface area contributed by atoms with Crippen LogP contribution in [0.4, 0.5) is 4.39 Å². The molecule has 2 amide bonds. The molecule has 0 aliphatic carbocycles. The minimum Gasteiger partial charge on any atom is -0.497 e. The second-order valence-electron chi connectivity index (χ2n) is 12.0. The van der Waals surface area contributed by atoms with Crippen molar-refractivity contribution >= 4 is 39.2 Å². The van der Waals surface area contributed by atoms with Crippen LogP contribution in [0.15, 0.2) is 79.1 Å². The molecule has 1 aliphatic heterocycles. The van der Waals surface area contributed by atoms with Gasteiger partial charge in [-0.3, -0.25) is 14.6 Å². The van der Waals surface area contributed by atoms with Crippen LogP contribution in [0.2, 0.25) is 0 Å². The minimum absolute atomic E-state index is 0.104. The molecule has 0 bridgehead atoms. The van der Waals surface area contributed by atoms with Crippen molar-refractivity contribution in [3.63, 3.8) is 0 Å². The van der Waals surface area contributed by atoms with Crippen LogP contribution < -0.4 is 9.47 Å². The number of rotatable bonds is 11. The molecule has 0 fully saturated rings. The first-order valence-electron chi connectivity index (χ1n) is 15.8. The number of benzene rings is 3. The normalized spacial score (nSPS) is 14.2. The van der Waals surface area contributed by atoms with Crippen molar-refractivity contribution in [3.05, 3.63) is 102 Å². The summed E-state index contributed by atoms with van der Waals surface area (Å²) in [4.78, 5) is 35.1. The molecule has 3 aromatic carbocycles. The molecule has 0 unspecified atom stereocenters. The van der Waals surface area contributed by atoms with E-state index < -0.39 is 0 Å². The Morgan fingerprint density at radius 3 is 2.32 bits per heavy atom. The summed E-state index contributed by atoms with van der Waals surface area (Å²) in [6.07, 6.45) is 7.23. The Bertz CT molecular complexity index is 1920. The van der Waals surface area contributed by atoms with Crippen LogP contribution in [-0.4, -0.2) is 76.6 Å². The molecular weight excluding hydrogens is 597 g/mol. The van der Waals surface area contributed by atoms with E-state index in [1.54, 1.807) is 51.2 Å². The number of carbonyl (C=O) groups excluding carboxylic acids is 2. The zero-order chi connectivity index (χ0) is 33.1. The third-order valence-corrected chi connectivity index (χ3v) is 8.94. The number of H-pyrrole nitrogens is 2. The Balaban J connectivity index is 1.32. The van der Waals surface area contributed by atoms with Crippen LogP contribution in [0, 0.1) is 5.82 Å². The van der Waals surface area contributed by atoms with Gasteiger partial charge in [0.25, 0.3) is 0 Å². The first-order valence-corrected chi connectivity index (χ1v) is 15.8. The van der Waals surface area contributed by atoms with Gasteiger partial charge in [-0.05, 0) is 65.9 Å². The fourth-order valence-electron chi connectivity index (χ4n) is 6.66. The number of ether oxygens (including phenoxy) is 2. The van der Waals surface area contributed by atoms with Gasteiger partial charge in [0.15, 0.2) is 0 Å². The topological polar surface area (TPSA) is 93.9 Å². The molecular formula is C37H40FN5O4. The zero-order valence-electron chi connectivity index (χ0n) is 27.2.